The second-order valence-corrected chi connectivity index (χ2v) is 7.72. The highest BCUT2D eigenvalue weighted by Gasteiger charge is 2.09. The summed E-state index contributed by atoms with van der Waals surface area (Å²) in [5.74, 6) is -0.200. The number of rotatable bonds is 7. The van der Waals surface area contributed by atoms with Crippen LogP contribution in [0.25, 0.3) is 0 Å². The Balaban J connectivity index is 1.97. The minimum Gasteiger partial charge on any atom is -0.326 e. The Morgan fingerprint density at radius 2 is 1.50 bits per heavy atom. The van der Waals surface area contributed by atoms with Gasteiger partial charge in [-0.25, -0.2) is 4.21 Å². The van der Waals surface area contributed by atoms with Gasteiger partial charge in [0.1, 0.15) is 11.0 Å². The molecule has 2 rings (SSSR count). The molecule has 6 nitrogen and oxygen atoms in total. The zero-order valence-corrected chi connectivity index (χ0v) is 15.9. The lowest BCUT2D eigenvalue weighted by Gasteiger charge is -2.08. The molecule has 2 aromatic rings. The third-order valence-electron chi connectivity index (χ3n) is 3.21. The molecule has 0 bridgehead atoms. The van der Waals surface area contributed by atoms with Crippen LogP contribution in [0.5, 0.6) is 0 Å². The number of ketones is 1. The lowest BCUT2D eigenvalue weighted by molar-refractivity contribution is -0.114. The Labute approximate surface area is 158 Å². The number of amides is 1. The van der Waals surface area contributed by atoms with Crippen LogP contribution in [-0.2, 0) is 20.6 Å². The molecule has 1 unspecified atom stereocenters. The van der Waals surface area contributed by atoms with Crippen molar-refractivity contribution in [2.45, 2.75) is 18.7 Å². The van der Waals surface area contributed by atoms with E-state index < -0.39 is 11.0 Å². The topological polar surface area (TPSA) is 92.3 Å². The van der Waals surface area contributed by atoms with Crippen LogP contribution in [-0.4, -0.2) is 26.8 Å². The molecule has 2 aromatic carbocycles. The van der Waals surface area contributed by atoms with Crippen molar-refractivity contribution in [3.8, 4) is 0 Å². The number of hydrogen-bond acceptors (Lipinski definition) is 5. The van der Waals surface area contributed by atoms with Crippen LogP contribution in [0.2, 0.25) is 0 Å². The number of nitrogens with one attached hydrogen (secondary N) is 2. The third kappa shape index (κ3) is 6.12. The summed E-state index contributed by atoms with van der Waals surface area (Å²) in [7, 11) is -1.48. The smallest absolute Gasteiger partial charge is 0.221 e. The van der Waals surface area contributed by atoms with E-state index in [-0.39, 0.29) is 22.6 Å². The average molecular weight is 390 g/mol. The minimum absolute atomic E-state index is 0.100. The minimum atomic E-state index is -1.48. The maximum atomic E-state index is 12.3. The molecule has 2 N–H and O–H groups in total. The molecule has 1 atom stereocenters. The third-order valence-corrected chi connectivity index (χ3v) is 5.15. The molecular formula is C18H18N2O4S2. The van der Waals surface area contributed by atoms with Crippen LogP contribution in [0.1, 0.15) is 24.2 Å². The molecule has 1 amide bonds. The normalized spacial score (nSPS) is 11.5. The number of anilines is 2. The van der Waals surface area contributed by atoms with E-state index >= 15 is 0 Å². The first-order chi connectivity index (χ1) is 12.3. The highest BCUT2D eigenvalue weighted by Crippen LogP contribution is 2.17. The summed E-state index contributed by atoms with van der Waals surface area (Å²) in [6, 6.07) is 13.2. The summed E-state index contributed by atoms with van der Waals surface area (Å²) in [6.07, 6.45) is 0. The second-order valence-electron chi connectivity index (χ2n) is 5.36. The first kappa shape index (κ1) is 19.9. The van der Waals surface area contributed by atoms with Crippen LogP contribution in [0.15, 0.2) is 53.4 Å². The number of Topliss-reactive ketones (excluding diaryl/α,β-unsaturated/α-hetero) is 1. The highest BCUT2D eigenvalue weighted by atomic mass is 32.2. The van der Waals surface area contributed by atoms with Crippen molar-refractivity contribution in [3.63, 3.8) is 0 Å². The van der Waals surface area contributed by atoms with Gasteiger partial charge in [-0.3, -0.25) is 14.4 Å². The molecule has 26 heavy (non-hydrogen) atoms. The molecule has 0 saturated carbocycles. The summed E-state index contributed by atoms with van der Waals surface area (Å²) in [6.45, 7) is 2.84. The molecular weight excluding hydrogens is 372 g/mol. The highest BCUT2D eigenvalue weighted by molar-refractivity contribution is 8.14. The van der Waals surface area contributed by atoms with E-state index in [9.17, 15) is 18.6 Å². The van der Waals surface area contributed by atoms with Crippen molar-refractivity contribution < 1.29 is 18.6 Å². The molecule has 8 heteroatoms. The Hall–Kier alpha value is -2.45. The van der Waals surface area contributed by atoms with Crippen molar-refractivity contribution in [2.75, 3.05) is 15.8 Å². The first-order valence-corrected chi connectivity index (χ1v) is 9.81. The predicted molar refractivity (Wildman–Crippen MR) is 105 cm³/mol. The molecule has 136 valence electrons. The van der Waals surface area contributed by atoms with Gasteiger partial charge in [0.05, 0.1) is 10.6 Å². The molecule has 0 radical (unpaired) electrons. The van der Waals surface area contributed by atoms with Crippen LogP contribution in [0, 0.1) is 0 Å². The van der Waals surface area contributed by atoms with E-state index in [4.69, 9.17) is 0 Å². The van der Waals surface area contributed by atoms with E-state index in [1.54, 1.807) is 48.5 Å². The molecule has 0 aliphatic heterocycles. The fraction of sp³-hybridized carbons (Fsp3) is 0.167. The van der Waals surface area contributed by atoms with E-state index in [0.717, 1.165) is 11.8 Å². The van der Waals surface area contributed by atoms with E-state index in [1.165, 1.54) is 13.8 Å². The SMILES string of the molecule is CC(=O)Nc1ccc(S(=O)Nc2ccc(C(=O)CSC(C)=O)cc2)cc1. The molecule has 0 heterocycles. The van der Waals surface area contributed by atoms with Gasteiger partial charge >= 0.3 is 0 Å². The monoisotopic (exact) mass is 390 g/mol. The van der Waals surface area contributed by atoms with Gasteiger partial charge in [-0.2, -0.15) is 0 Å². The number of carbonyl (C=O) groups is 3. The van der Waals surface area contributed by atoms with Gasteiger partial charge < -0.3 is 10.0 Å². The van der Waals surface area contributed by atoms with Gasteiger partial charge in [0.25, 0.3) is 0 Å². The largest absolute Gasteiger partial charge is 0.326 e. The molecule has 0 fully saturated rings. The van der Waals surface area contributed by atoms with Crippen molar-refractivity contribution >= 4 is 50.9 Å². The van der Waals surface area contributed by atoms with Gasteiger partial charge in [0.2, 0.25) is 5.91 Å². The lowest BCUT2D eigenvalue weighted by Crippen LogP contribution is -2.08. The summed E-state index contributed by atoms with van der Waals surface area (Å²) < 4.78 is 15.2. The summed E-state index contributed by atoms with van der Waals surface area (Å²) in [4.78, 5) is 34.4. The van der Waals surface area contributed by atoms with Gasteiger partial charge in [-0.05, 0) is 48.5 Å². The Morgan fingerprint density at radius 3 is 2.04 bits per heavy atom. The zero-order chi connectivity index (χ0) is 19.1. The van der Waals surface area contributed by atoms with Crippen molar-refractivity contribution in [3.05, 3.63) is 54.1 Å². The van der Waals surface area contributed by atoms with E-state index in [1.807, 2.05) is 0 Å². The summed E-state index contributed by atoms with van der Waals surface area (Å²) in [5, 5.41) is 2.54. The molecule has 0 aromatic heterocycles. The average Bonchev–Trinajstić information content (AvgIpc) is 2.60. The zero-order valence-electron chi connectivity index (χ0n) is 14.3. The summed E-state index contributed by atoms with van der Waals surface area (Å²) >= 11 is 0.972. The number of hydrogen-bond donors (Lipinski definition) is 2. The first-order valence-electron chi connectivity index (χ1n) is 7.68. The second kappa shape index (κ2) is 9.30. The van der Waals surface area contributed by atoms with Gasteiger partial charge in [-0.1, -0.05) is 11.8 Å². The predicted octanol–water partition coefficient (Wildman–Crippen LogP) is 3.24. The molecule has 0 aliphatic rings. The Bertz CT molecular complexity index is 833. The molecule has 0 spiro atoms. The van der Waals surface area contributed by atoms with Crippen LogP contribution in [0.4, 0.5) is 11.4 Å². The standard InChI is InChI=1S/C18H18N2O4S2/c1-12(21)19-15-7-9-17(10-8-15)26(24)20-16-5-3-14(4-6-16)18(23)11-25-13(2)22/h3-10,20H,11H2,1-2H3,(H,19,21). The van der Waals surface area contributed by atoms with Gasteiger partial charge in [0.15, 0.2) is 10.9 Å². The quantitative estimate of drug-likeness (QED) is 0.708. The van der Waals surface area contributed by atoms with Crippen LogP contribution in [0.3, 0.4) is 0 Å². The van der Waals surface area contributed by atoms with Crippen molar-refractivity contribution in [2.24, 2.45) is 0 Å². The van der Waals surface area contributed by atoms with Crippen LogP contribution < -0.4 is 10.0 Å². The van der Waals surface area contributed by atoms with E-state index in [0.29, 0.717) is 21.8 Å². The molecule has 0 saturated heterocycles. The fourth-order valence-corrected chi connectivity index (χ4v) is 3.36. The maximum Gasteiger partial charge on any atom is 0.221 e. The summed E-state index contributed by atoms with van der Waals surface area (Å²) in [5.41, 5.74) is 1.73. The van der Waals surface area contributed by atoms with Crippen molar-refractivity contribution in [1.82, 2.24) is 0 Å². The van der Waals surface area contributed by atoms with Gasteiger partial charge in [0, 0.05) is 30.8 Å². The van der Waals surface area contributed by atoms with E-state index in [2.05, 4.69) is 10.0 Å². The number of benzene rings is 2. The van der Waals surface area contributed by atoms with Crippen molar-refractivity contribution in [1.29, 1.82) is 0 Å². The molecule has 0 aliphatic carbocycles. The maximum absolute atomic E-state index is 12.3. The number of carbonyl (C=O) groups excluding carboxylic acids is 3. The fourth-order valence-electron chi connectivity index (χ4n) is 2.01. The number of thioether (sulfide) groups is 1. The van der Waals surface area contributed by atoms with Crippen LogP contribution >= 0.6 is 11.8 Å². The Kier molecular flexibility index (Phi) is 7.11. The van der Waals surface area contributed by atoms with Gasteiger partial charge in [-0.15, -0.1) is 0 Å². The lowest BCUT2D eigenvalue weighted by atomic mass is 10.1. The Morgan fingerprint density at radius 1 is 0.923 bits per heavy atom.